The summed E-state index contributed by atoms with van der Waals surface area (Å²) in [5.74, 6) is 0.721. The Labute approximate surface area is 174 Å². The highest BCUT2D eigenvalue weighted by atomic mass is 16.2. The van der Waals surface area contributed by atoms with Crippen LogP contribution in [-0.4, -0.2) is 24.6 Å². The Morgan fingerprint density at radius 1 is 1.07 bits per heavy atom. The lowest BCUT2D eigenvalue weighted by molar-refractivity contribution is -0.122. The normalized spacial score (nSPS) is 12.2. The molecule has 0 bridgehead atoms. The molecule has 1 N–H and O–H groups in total. The van der Waals surface area contributed by atoms with Gasteiger partial charge in [-0.3, -0.25) is 13.9 Å². The summed E-state index contributed by atoms with van der Waals surface area (Å²) in [5, 5.41) is 3.00. The van der Waals surface area contributed by atoms with Gasteiger partial charge in [-0.2, -0.15) is 0 Å². The van der Waals surface area contributed by atoms with E-state index in [0.29, 0.717) is 6.54 Å². The first-order valence-corrected chi connectivity index (χ1v) is 10.1. The third kappa shape index (κ3) is 3.54. The van der Waals surface area contributed by atoms with Crippen LogP contribution in [0.15, 0.2) is 65.7 Å². The fraction of sp³-hybridized carbons (Fsp3) is 0.261. The minimum Gasteiger partial charge on any atom is -0.348 e. The average Bonchev–Trinajstić information content (AvgIpc) is 3.29. The number of hydrogen-bond donors (Lipinski definition) is 1. The topological polar surface area (TPSA) is 73.8 Å². The second kappa shape index (κ2) is 8.02. The molecule has 4 aromatic rings. The van der Waals surface area contributed by atoms with Crippen LogP contribution in [-0.2, 0) is 17.9 Å². The van der Waals surface area contributed by atoms with Crippen LogP contribution in [0.5, 0.6) is 0 Å². The largest absolute Gasteiger partial charge is 0.348 e. The van der Waals surface area contributed by atoms with E-state index in [1.54, 1.807) is 10.8 Å². The molecule has 1 unspecified atom stereocenters. The van der Waals surface area contributed by atoms with Crippen LogP contribution < -0.4 is 11.0 Å². The van der Waals surface area contributed by atoms with Crippen molar-refractivity contribution in [3.05, 3.63) is 82.8 Å². The minimum absolute atomic E-state index is 0.0109. The molecule has 0 aliphatic rings. The van der Waals surface area contributed by atoms with Crippen LogP contribution >= 0.6 is 0 Å². The van der Waals surface area contributed by atoms with Gasteiger partial charge in [0.15, 0.2) is 0 Å². The molecular weight excluding hydrogens is 378 g/mol. The van der Waals surface area contributed by atoms with Gasteiger partial charge < -0.3 is 9.88 Å². The molecule has 2 aromatic heterocycles. The van der Waals surface area contributed by atoms with Crippen LogP contribution in [0.3, 0.4) is 0 Å². The monoisotopic (exact) mass is 403 g/mol. The summed E-state index contributed by atoms with van der Waals surface area (Å²) in [5.41, 5.74) is 3.46. The van der Waals surface area contributed by atoms with Crippen LogP contribution in [0.2, 0.25) is 0 Å². The first-order chi connectivity index (χ1) is 14.5. The molecule has 4 rings (SSSR count). The number of hydrogen-bond acceptors (Lipinski definition) is 3. The average molecular weight is 403 g/mol. The second-order valence-corrected chi connectivity index (χ2v) is 7.33. The van der Waals surface area contributed by atoms with E-state index in [4.69, 9.17) is 0 Å². The molecular formula is C23H25N5O2. The third-order valence-electron chi connectivity index (χ3n) is 5.42. The van der Waals surface area contributed by atoms with E-state index in [0.717, 1.165) is 28.1 Å². The highest BCUT2D eigenvalue weighted by molar-refractivity contribution is 5.81. The second-order valence-electron chi connectivity index (χ2n) is 7.33. The van der Waals surface area contributed by atoms with Crippen molar-refractivity contribution in [2.75, 3.05) is 0 Å². The Morgan fingerprint density at radius 3 is 2.33 bits per heavy atom. The lowest BCUT2D eigenvalue weighted by Crippen LogP contribution is -2.34. The van der Waals surface area contributed by atoms with E-state index in [-0.39, 0.29) is 24.2 Å². The summed E-state index contributed by atoms with van der Waals surface area (Å²) < 4.78 is 5.22. The highest BCUT2D eigenvalue weighted by Crippen LogP contribution is 2.17. The van der Waals surface area contributed by atoms with E-state index in [9.17, 15) is 9.59 Å². The van der Waals surface area contributed by atoms with Crippen molar-refractivity contribution in [3.8, 4) is 5.69 Å². The first kappa shape index (κ1) is 19.7. The molecule has 1 amide bonds. The number of amides is 1. The van der Waals surface area contributed by atoms with Crippen molar-refractivity contribution in [1.29, 1.82) is 0 Å². The number of rotatable bonds is 6. The molecule has 0 radical (unpaired) electrons. The molecule has 154 valence electrons. The Hall–Kier alpha value is -3.61. The number of imidazole rings is 2. The van der Waals surface area contributed by atoms with Gasteiger partial charge in [0.05, 0.1) is 17.1 Å². The van der Waals surface area contributed by atoms with Crippen LogP contribution in [0.1, 0.15) is 31.3 Å². The Bertz CT molecular complexity index is 1250. The number of aromatic nitrogens is 4. The number of carbonyl (C=O) groups excluding carboxylic acids is 1. The molecule has 0 saturated carbocycles. The molecule has 7 heteroatoms. The molecule has 0 aliphatic heterocycles. The van der Waals surface area contributed by atoms with E-state index in [1.807, 2.05) is 80.1 Å². The maximum absolute atomic E-state index is 12.7. The first-order valence-electron chi connectivity index (χ1n) is 10.1. The predicted molar refractivity (Wildman–Crippen MR) is 117 cm³/mol. The van der Waals surface area contributed by atoms with Gasteiger partial charge in [-0.15, -0.1) is 0 Å². The summed E-state index contributed by atoms with van der Waals surface area (Å²) in [6.07, 6.45) is 3.68. The molecule has 0 fully saturated rings. The summed E-state index contributed by atoms with van der Waals surface area (Å²) in [6, 6.07) is 15.4. The number of benzene rings is 2. The van der Waals surface area contributed by atoms with Gasteiger partial charge >= 0.3 is 5.69 Å². The minimum atomic E-state index is -0.196. The number of fused-ring (bicyclic) bond motifs is 1. The number of carbonyl (C=O) groups is 1. The zero-order chi connectivity index (χ0) is 21.3. The number of para-hydroxylation sites is 2. The SMILES string of the molecule is CCn1c(=O)n(CC(=O)NC(C)c2ccc(-n3ccnc3C)cc2)c2ccccc21. The maximum Gasteiger partial charge on any atom is 0.329 e. The zero-order valence-electron chi connectivity index (χ0n) is 17.4. The summed E-state index contributed by atoms with van der Waals surface area (Å²) >= 11 is 0. The van der Waals surface area contributed by atoms with Gasteiger partial charge in [-0.1, -0.05) is 24.3 Å². The molecule has 1 atom stereocenters. The molecule has 0 aliphatic carbocycles. The van der Waals surface area contributed by atoms with Gasteiger partial charge in [-0.25, -0.2) is 9.78 Å². The van der Waals surface area contributed by atoms with Crippen molar-refractivity contribution in [2.24, 2.45) is 0 Å². The van der Waals surface area contributed by atoms with Crippen molar-refractivity contribution < 1.29 is 4.79 Å². The van der Waals surface area contributed by atoms with Gasteiger partial charge in [0.25, 0.3) is 0 Å². The smallest absolute Gasteiger partial charge is 0.329 e. The van der Waals surface area contributed by atoms with Crippen LogP contribution in [0, 0.1) is 6.92 Å². The van der Waals surface area contributed by atoms with Gasteiger partial charge in [0.1, 0.15) is 12.4 Å². The van der Waals surface area contributed by atoms with Crippen LogP contribution in [0.4, 0.5) is 0 Å². The van der Waals surface area contributed by atoms with Gasteiger partial charge in [-0.05, 0) is 50.6 Å². The Kier molecular flexibility index (Phi) is 5.27. The highest BCUT2D eigenvalue weighted by Gasteiger charge is 2.16. The van der Waals surface area contributed by atoms with E-state index in [2.05, 4.69) is 10.3 Å². The lowest BCUT2D eigenvalue weighted by atomic mass is 10.1. The predicted octanol–water partition coefficient (Wildman–Crippen LogP) is 3.19. The Balaban J connectivity index is 1.50. The molecule has 0 saturated heterocycles. The fourth-order valence-corrected chi connectivity index (χ4v) is 3.82. The van der Waals surface area contributed by atoms with Gasteiger partial charge in [0, 0.05) is 24.6 Å². The summed E-state index contributed by atoms with van der Waals surface area (Å²) in [7, 11) is 0. The molecule has 7 nitrogen and oxygen atoms in total. The lowest BCUT2D eigenvalue weighted by Gasteiger charge is -2.15. The van der Waals surface area contributed by atoms with E-state index in [1.165, 1.54) is 4.57 Å². The fourth-order valence-electron chi connectivity index (χ4n) is 3.82. The number of nitrogens with zero attached hydrogens (tertiary/aromatic N) is 4. The summed E-state index contributed by atoms with van der Waals surface area (Å²) in [4.78, 5) is 29.7. The quantitative estimate of drug-likeness (QED) is 0.537. The van der Waals surface area contributed by atoms with E-state index < -0.39 is 0 Å². The molecule has 0 spiro atoms. The number of nitrogens with one attached hydrogen (secondary N) is 1. The van der Waals surface area contributed by atoms with Crippen molar-refractivity contribution >= 4 is 16.9 Å². The molecule has 30 heavy (non-hydrogen) atoms. The van der Waals surface area contributed by atoms with Crippen molar-refractivity contribution in [1.82, 2.24) is 24.0 Å². The van der Waals surface area contributed by atoms with Crippen molar-refractivity contribution in [2.45, 2.75) is 39.9 Å². The van der Waals surface area contributed by atoms with E-state index >= 15 is 0 Å². The number of aryl methyl sites for hydroxylation is 2. The third-order valence-corrected chi connectivity index (χ3v) is 5.42. The zero-order valence-corrected chi connectivity index (χ0v) is 17.4. The molecule has 2 aromatic carbocycles. The van der Waals surface area contributed by atoms with Crippen LogP contribution in [0.25, 0.3) is 16.7 Å². The summed E-state index contributed by atoms with van der Waals surface area (Å²) in [6.45, 7) is 6.37. The Morgan fingerprint density at radius 2 is 1.73 bits per heavy atom. The van der Waals surface area contributed by atoms with Gasteiger partial charge in [0.2, 0.25) is 5.91 Å². The van der Waals surface area contributed by atoms with Crippen molar-refractivity contribution in [3.63, 3.8) is 0 Å². The molecule has 2 heterocycles. The standard InChI is InChI=1S/C23H25N5O2/c1-4-26-20-7-5-6-8-21(20)28(23(26)30)15-22(29)25-16(2)18-9-11-19(12-10-18)27-14-13-24-17(27)3/h5-14,16H,4,15H2,1-3H3,(H,25,29). The maximum atomic E-state index is 12.7.